The number of aliphatic hydroxyl groups is 1. The zero-order valence-corrected chi connectivity index (χ0v) is 50.5. The van der Waals surface area contributed by atoms with Crippen LogP contribution in [-0.4, -0.2) is 212 Å². The van der Waals surface area contributed by atoms with Crippen LogP contribution in [0.25, 0.3) is 0 Å². The molecule has 492 valence electrons. The van der Waals surface area contributed by atoms with Gasteiger partial charge in [0.05, 0.1) is 25.0 Å². The first-order valence-corrected chi connectivity index (χ1v) is 30.0. The summed E-state index contributed by atoms with van der Waals surface area (Å²) >= 11 is 0. The molecule has 0 aliphatic carbocycles. The number of amides is 10. The summed E-state index contributed by atoms with van der Waals surface area (Å²) in [6.07, 6.45) is 8.50. The number of unbranched alkanes of at least 4 members (excludes halogenated alkanes) is 4. The molecule has 28 N–H and O–H groups in total. The molecule has 1 aliphatic rings. The molecule has 10 amide bonds. The topological polar surface area (TPSA) is 564 Å². The second-order valence-corrected chi connectivity index (χ2v) is 21.2. The molecule has 33 heteroatoms. The second-order valence-electron chi connectivity index (χ2n) is 21.2. The Hall–Kier alpha value is -7.40. The van der Waals surface area contributed by atoms with E-state index in [-0.39, 0.29) is 82.8 Å². The molecule has 0 saturated carbocycles. The maximum atomic E-state index is 14.5. The molecule has 1 aromatic heterocycles. The Morgan fingerprint density at radius 3 is 1.95 bits per heavy atom. The van der Waals surface area contributed by atoms with E-state index in [0.29, 0.717) is 89.7 Å². The first-order valence-electron chi connectivity index (χ1n) is 30.0. The first-order chi connectivity index (χ1) is 41.7. The number of carbonyl (C=O) groups excluding carboxylic acids is 10. The van der Waals surface area contributed by atoms with Gasteiger partial charge in [-0.25, -0.2) is 4.98 Å². The minimum atomic E-state index is -1.56. The molecule has 9 atom stereocenters. The summed E-state index contributed by atoms with van der Waals surface area (Å²) in [6.45, 7) is 2.56. The molecule has 87 heavy (non-hydrogen) atoms. The van der Waals surface area contributed by atoms with E-state index in [0.717, 1.165) is 6.42 Å². The van der Waals surface area contributed by atoms with Gasteiger partial charge in [0, 0.05) is 44.5 Å². The van der Waals surface area contributed by atoms with Gasteiger partial charge in [-0.2, -0.15) is 0 Å². The van der Waals surface area contributed by atoms with Gasteiger partial charge in [-0.3, -0.25) is 52.9 Å². The van der Waals surface area contributed by atoms with Crippen LogP contribution in [0, 0.1) is 0 Å². The summed E-state index contributed by atoms with van der Waals surface area (Å²) in [5.41, 5.74) is 45.8. The third kappa shape index (κ3) is 29.2. The highest BCUT2D eigenvalue weighted by atomic mass is 16.3. The lowest BCUT2D eigenvalue weighted by molar-refractivity contribution is -0.142. The minimum Gasteiger partial charge on any atom is -0.389 e. The molecular weight excluding hydrogens is 1130 g/mol. The summed E-state index contributed by atoms with van der Waals surface area (Å²) in [5, 5.41) is 36.9. The highest BCUT2D eigenvalue weighted by Crippen LogP contribution is 2.21. The van der Waals surface area contributed by atoms with Crippen molar-refractivity contribution in [2.45, 2.75) is 171 Å². The van der Waals surface area contributed by atoms with E-state index in [1.807, 2.05) is 0 Å². The lowest BCUT2D eigenvalue weighted by Gasteiger charge is -2.30. The maximum Gasteiger partial charge on any atom is 0.268 e. The number of nitrogens with two attached hydrogens (primary N) is 8. The minimum absolute atomic E-state index is 0.0311. The van der Waals surface area contributed by atoms with Gasteiger partial charge in [0.2, 0.25) is 53.2 Å². The number of aliphatic imine (C=N–C) groups is 1. The predicted octanol–water partition coefficient (Wildman–Crippen LogP) is -7.46. The average molecular weight is 1230 g/mol. The summed E-state index contributed by atoms with van der Waals surface area (Å²) in [6, 6.07) is -9.91. The fraction of sp³-hybridized carbons (Fsp3) is 0.704. The first kappa shape index (κ1) is 75.7. The molecule has 0 aromatic carbocycles. The van der Waals surface area contributed by atoms with Crippen molar-refractivity contribution >= 4 is 65.0 Å². The molecule has 0 unspecified atom stereocenters. The van der Waals surface area contributed by atoms with Crippen LogP contribution >= 0.6 is 0 Å². The second kappa shape index (κ2) is 43.3. The number of guanidine groups is 1. The highest BCUT2D eigenvalue weighted by molar-refractivity contribution is 6.02. The SMILES string of the molecule is CNCCCC[C@H](N)C(=O)N[C@H](C(=O)N[C@@H](C)C(=O)NCC(=O)N[C@H](CCCN)C(=O)N1CCC[C@H]1C(=O)N[C@@H](Cc1cnc[nH]1)C(=O)N[C@@H](CCCCN)C(=O)N/C(=C\CCN=C(N)N)C(=O)N[C@@H](CCCCN)C(=O)NCCCCN)[C@@H](O)CN. The van der Waals surface area contributed by atoms with Crippen molar-refractivity contribution in [3.63, 3.8) is 0 Å². The summed E-state index contributed by atoms with van der Waals surface area (Å²) in [7, 11) is 1.79. The van der Waals surface area contributed by atoms with Gasteiger partial charge in [-0.1, -0.05) is 12.5 Å². The van der Waals surface area contributed by atoms with E-state index in [4.69, 9.17) is 45.9 Å². The molecule has 1 aliphatic heterocycles. The number of H-pyrrole nitrogens is 1. The summed E-state index contributed by atoms with van der Waals surface area (Å²) < 4.78 is 0. The number of aliphatic hydroxyl groups excluding tert-OH is 1. The normalized spacial score (nSPS) is 15.9. The van der Waals surface area contributed by atoms with Crippen LogP contribution in [0.4, 0.5) is 0 Å². The number of likely N-dealkylation sites (tertiary alicyclic amines) is 1. The van der Waals surface area contributed by atoms with Crippen molar-refractivity contribution in [2.75, 3.05) is 72.5 Å². The van der Waals surface area contributed by atoms with Crippen LogP contribution in [0.2, 0.25) is 0 Å². The van der Waals surface area contributed by atoms with E-state index in [1.54, 1.807) is 7.05 Å². The monoisotopic (exact) mass is 1230 g/mol. The third-order valence-corrected chi connectivity index (χ3v) is 14.0. The van der Waals surface area contributed by atoms with Crippen molar-refractivity contribution in [1.29, 1.82) is 0 Å². The Kier molecular flexibility index (Phi) is 37.6. The van der Waals surface area contributed by atoms with Crippen molar-refractivity contribution < 1.29 is 53.1 Å². The van der Waals surface area contributed by atoms with Crippen LogP contribution in [0.5, 0.6) is 0 Å². The van der Waals surface area contributed by atoms with Gasteiger partial charge in [0.25, 0.3) is 5.91 Å². The zero-order chi connectivity index (χ0) is 64.7. The van der Waals surface area contributed by atoms with Crippen molar-refractivity contribution in [2.24, 2.45) is 50.9 Å². The van der Waals surface area contributed by atoms with E-state index in [9.17, 15) is 53.1 Å². The average Bonchev–Trinajstić information content (AvgIpc) is 2.90. The molecule has 0 spiro atoms. The number of carbonyl (C=O) groups is 10. The molecule has 2 heterocycles. The van der Waals surface area contributed by atoms with E-state index in [2.05, 4.69) is 68.1 Å². The maximum absolute atomic E-state index is 14.5. The van der Waals surface area contributed by atoms with E-state index in [1.165, 1.54) is 30.4 Å². The van der Waals surface area contributed by atoms with E-state index >= 15 is 0 Å². The van der Waals surface area contributed by atoms with Crippen LogP contribution in [0.15, 0.2) is 29.3 Å². The molecule has 1 aromatic rings. The Balaban J connectivity index is 2.32. The van der Waals surface area contributed by atoms with Gasteiger partial charge in [0.15, 0.2) is 5.96 Å². The van der Waals surface area contributed by atoms with Crippen LogP contribution < -0.4 is 99.0 Å². The number of nitrogens with zero attached hydrogens (tertiary/aromatic N) is 3. The molecular formula is C54H100N22O11. The highest BCUT2D eigenvalue weighted by Gasteiger charge is 2.40. The van der Waals surface area contributed by atoms with Gasteiger partial charge in [-0.05, 0) is 143 Å². The Morgan fingerprint density at radius 1 is 0.701 bits per heavy atom. The number of aromatic nitrogens is 2. The molecule has 33 nitrogen and oxygen atoms in total. The number of imidazole rings is 1. The van der Waals surface area contributed by atoms with E-state index < -0.39 is 127 Å². The van der Waals surface area contributed by atoms with Gasteiger partial charge in [-0.15, -0.1) is 0 Å². The number of aromatic amines is 1. The number of rotatable bonds is 45. The van der Waals surface area contributed by atoms with Gasteiger partial charge >= 0.3 is 0 Å². The van der Waals surface area contributed by atoms with Crippen LogP contribution in [0.3, 0.4) is 0 Å². The van der Waals surface area contributed by atoms with Crippen molar-refractivity contribution in [1.82, 2.24) is 68.0 Å². The van der Waals surface area contributed by atoms with Gasteiger partial charge in [0.1, 0.15) is 48.0 Å². The summed E-state index contributed by atoms with van der Waals surface area (Å²) in [4.78, 5) is 150. The predicted molar refractivity (Wildman–Crippen MR) is 325 cm³/mol. The van der Waals surface area contributed by atoms with Crippen LogP contribution in [-0.2, 0) is 54.4 Å². The lowest BCUT2D eigenvalue weighted by Crippen LogP contribution is -2.60. The molecule has 0 bridgehead atoms. The number of hydrogen-bond acceptors (Lipinski definition) is 20. The van der Waals surface area contributed by atoms with Crippen molar-refractivity contribution in [3.05, 3.63) is 30.0 Å². The zero-order valence-electron chi connectivity index (χ0n) is 50.5. The Labute approximate surface area is 508 Å². The fourth-order valence-electron chi connectivity index (χ4n) is 9.10. The quantitative estimate of drug-likeness (QED) is 0.0125. The van der Waals surface area contributed by atoms with Crippen molar-refractivity contribution in [3.8, 4) is 0 Å². The molecule has 1 saturated heterocycles. The largest absolute Gasteiger partial charge is 0.389 e. The lowest BCUT2D eigenvalue weighted by atomic mass is 10.0. The smallest absolute Gasteiger partial charge is 0.268 e. The Morgan fingerprint density at radius 2 is 1.33 bits per heavy atom. The number of nitrogens with one attached hydrogen (secondary N) is 11. The van der Waals surface area contributed by atoms with Gasteiger partial charge < -0.3 is 114 Å². The molecule has 0 radical (unpaired) electrons. The third-order valence-electron chi connectivity index (χ3n) is 14.0. The Bertz CT molecular complexity index is 2360. The van der Waals surface area contributed by atoms with Crippen LogP contribution in [0.1, 0.15) is 115 Å². The standard InChI is InChI=1S/C54H100N22O11/c1-33(69-52(86)44(42(77)29-59)75-46(80)35(60)14-5-9-24-63-2)45(79)67-31-43(78)70-39(17-11-23-58)53(87)76-27-13-19-41(76)51(85)74-40(28-34-30-64-32-68-34)50(84)73-37(16-4-7-21-56)48(82)72-38(18-12-26-66-54(61)62)49(83)71-36(15-3-6-20-55)47(81)65-25-10-8-22-57/h18,30,32-33,35-37,39-42,44,63,77H,3-17,19-29,31,55-60H2,1-2H3,(H,64,68)(H,65,81)(H,67,79)(H,69,86)(H,70,78)(H,71,83)(H,72,82)(H,73,84)(H,74,85)(H,75,80)(H4,61,62,66)/b38-18-/t33-,35-,36-,37-,39+,40-,41-,42-,44-/m0/s1. The number of hydrogen-bond donors (Lipinski definition) is 20. The summed E-state index contributed by atoms with van der Waals surface area (Å²) in [5.74, 6) is -7.76. The molecule has 1 fully saturated rings. The fourth-order valence-corrected chi connectivity index (χ4v) is 9.10. The molecule has 2 rings (SSSR count).